The molecule has 6 atom stereocenters. The van der Waals surface area contributed by atoms with Crippen LogP contribution in [0.15, 0.2) is 0 Å². The number of aliphatic hydroxyl groups is 3. The molecule has 0 radical (unpaired) electrons. The minimum atomic E-state index is -1.28. The number of hydrogen-bond donors (Lipinski definition) is 4. The fraction of sp³-hybridized carbons (Fsp3) is 1.00. The van der Waals surface area contributed by atoms with Crippen molar-refractivity contribution in [2.24, 2.45) is 5.73 Å². The molecule has 98 valence electrons. The summed E-state index contributed by atoms with van der Waals surface area (Å²) in [5.74, 6) is 0. The molecular formula is C9H20ClNO4S. The first-order valence-electron chi connectivity index (χ1n) is 4.93. The van der Waals surface area contributed by atoms with Crippen LogP contribution in [0.5, 0.6) is 0 Å². The van der Waals surface area contributed by atoms with Gasteiger partial charge >= 0.3 is 0 Å². The lowest BCUT2D eigenvalue weighted by atomic mass is 10.2. The van der Waals surface area contributed by atoms with E-state index in [2.05, 4.69) is 0 Å². The van der Waals surface area contributed by atoms with Gasteiger partial charge in [0.2, 0.25) is 0 Å². The number of halogens is 1. The lowest BCUT2D eigenvalue weighted by molar-refractivity contribution is -0.157. The van der Waals surface area contributed by atoms with Crippen molar-refractivity contribution in [3.8, 4) is 0 Å². The quantitative estimate of drug-likeness (QED) is 0.376. The van der Waals surface area contributed by atoms with Gasteiger partial charge in [-0.2, -0.15) is 0 Å². The van der Waals surface area contributed by atoms with E-state index in [1.165, 1.54) is 18.7 Å². The molecule has 0 aromatic carbocycles. The fourth-order valence-electron chi connectivity index (χ4n) is 0.958. The van der Waals surface area contributed by atoms with E-state index in [-0.39, 0.29) is 0 Å². The summed E-state index contributed by atoms with van der Waals surface area (Å²) < 4.78 is 5.14. The molecule has 0 aliphatic carbocycles. The van der Waals surface area contributed by atoms with E-state index in [1.807, 2.05) is 0 Å². The molecule has 7 heteroatoms. The molecule has 0 aliphatic rings. The van der Waals surface area contributed by atoms with Gasteiger partial charge in [-0.15, -0.1) is 23.4 Å². The van der Waals surface area contributed by atoms with Crippen molar-refractivity contribution in [3.63, 3.8) is 0 Å². The Bertz CT molecular complexity index is 196. The maximum absolute atomic E-state index is 9.58. The summed E-state index contributed by atoms with van der Waals surface area (Å²) in [6, 6.07) is -0.752. The number of ether oxygens (including phenoxy) is 1. The van der Waals surface area contributed by atoms with Gasteiger partial charge in [-0.3, -0.25) is 0 Å². The Balaban J connectivity index is 4.32. The Morgan fingerprint density at radius 2 is 1.75 bits per heavy atom. The van der Waals surface area contributed by atoms with Crippen LogP contribution in [0.1, 0.15) is 13.8 Å². The molecule has 0 saturated carbocycles. The second-order valence-electron chi connectivity index (χ2n) is 3.62. The van der Waals surface area contributed by atoms with Crippen LogP contribution in [0.2, 0.25) is 0 Å². The second kappa shape index (κ2) is 7.71. The maximum Gasteiger partial charge on any atom is 0.172 e. The first kappa shape index (κ1) is 16.4. The number of hydrogen-bond acceptors (Lipinski definition) is 6. The van der Waals surface area contributed by atoms with Crippen LogP contribution in [-0.4, -0.2) is 56.9 Å². The van der Waals surface area contributed by atoms with Gasteiger partial charge in [0.1, 0.15) is 11.5 Å². The Morgan fingerprint density at radius 1 is 1.25 bits per heavy atom. The Morgan fingerprint density at radius 3 is 2.06 bits per heavy atom. The van der Waals surface area contributed by atoms with Crippen LogP contribution in [0.4, 0.5) is 0 Å². The summed E-state index contributed by atoms with van der Waals surface area (Å²) in [5, 5.41) is 27.9. The van der Waals surface area contributed by atoms with Crippen molar-refractivity contribution >= 4 is 23.4 Å². The number of aliphatic hydroxyl groups excluding tert-OH is 3. The monoisotopic (exact) mass is 273 g/mol. The van der Waals surface area contributed by atoms with Crippen molar-refractivity contribution in [2.45, 2.75) is 49.2 Å². The van der Waals surface area contributed by atoms with E-state index in [4.69, 9.17) is 22.1 Å². The van der Waals surface area contributed by atoms with Gasteiger partial charge in [0.25, 0.3) is 0 Å². The molecule has 0 bridgehead atoms. The van der Waals surface area contributed by atoms with Gasteiger partial charge < -0.3 is 25.8 Å². The van der Waals surface area contributed by atoms with Gasteiger partial charge in [-0.1, -0.05) is 0 Å². The summed E-state index contributed by atoms with van der Waals surface area (Å²) in [6.07, 6.45) is -1.63. The van der Waals surface area contributed by atoms with Crippen molar-refractivity contribution in [1.29, 1.82) is 0 Å². The van der Waals surface area contributed by atoms with Crippen molar-refractivity contribution in [2.75, 3.05) is 6.26 Å². The molecule has 0 spiro atoms. The standard InChI is InChI=1S/C9H20ClNO4S/c1-4(10)6(11)8(14)15-9(16-3)7(13)5(2)12/h4-9,12-14H,11H2,1-3H3/t4?,5-,6?,7?,8-,9?/m1/s1. The molecule has 5 N–H and O–H groups in total. The third-order valence-electron chi connectivity index (χ3n) is 2.14. The van der Waals surface area contributed by atoms with Gasteiger partial charge in [0, 0.05) is 0 Å². The SMILES string of the molecule is CSC(O[C@@H](O)C(N)C(C)Cl)C(O)[C@@H](C)O. The molecule has 16 heavy (non-hydrogen) atoms. The largest absolute Gasteiger partial charge is 0.391 e. The zero-order chi connectivity index (χ0) is 12.9. The van der Waals surface area contributed by atoms with Crippen LogP contribution in [0, 0.1) is 0 Å². The highest BCUT2D eigenvalue weighted by atomic mass is 35.5. The highest BCUT2D eigenvalue weighted by Crippen LogP contribution is 2.19. The third kappa shape index (κ3) is 5.18. The summed E-state index contributed by atoms with van der Waals surface area (Å²) in [4.78, 5) is 0. The molecule has 5 nitrogen and oxygen atoms in total. The van der Waals surface area contributed by atoms with E-state index in [1.54, 1.807) is 13.2 Å². The normalized spacial score (nSPS) is 23.2. The number of thioether (sulfide) groups is 1. The topological polar surface area (TPSA) is 95.9 Å². The first-order valence-corrected chi connectivity index (χ1v) is 6.65. The predicted octanol–water partition coefficient (Wildman–Crippen LogP) is -0.293. The molecule has 0 rings (SSSR count). The molecule has 4 unspecified atom stereocenters. The van der Waals surface area contributed by atoms with Crippen LogP contribution < -0.4 is 5.73 Å². The highest BCUT2D eigenvalue weighted by molar-refractivity contribution is 7.99. The van der Waals surface area contributed by atoms with Crippen molar-refractivity contribution in [1.82, 2.24) is 0 Å². The van der Waals surface area contributed by atoms with Crippen LogP contribution >= 0.6 is 23.4 Å². The average molecular weight is 274 g/mol. The predicted molar refractivity (Wildman–Crippen MR) is 65.4 cm³/mol. The van der Waals surface area contributed by atoms with E-state index in [0.717, 1.165) is 0 Å². The maximum atomic E-state index is 9.58. The minimum Gasteiger partial charge on any atom is -0.391 e. The van der Waals surface area contributed by atoms with Crippen LogP contribution in [0.25, 0.3) is 0 Å². The molecule has 0 aromatic heterocycles. The minimum absolute atomic E-state index is 0.457. The van der Waals surface area contributed by atoms with E-state index in [0.29, 0.717) is 0 Å². The number of rotatable bonds is 7. The van der Waals surface area contributed by atoms with Crippen molar-refractivity contribution < 1.29 is 20.1 Å². The van der Waals surface area contributed by atoms with Crippen molar-refractivity contribution in [3.05, 3.63) is 0 Å². The molecule has 0 amide bonds. The third-order valence-corrected chi connectivity index (χ3v) is 3.28. The van der Waals surface area contributed by atoms with Gasteiger partial charge in [-0.05, 0) is 20.1 Å². The zero-order valence-electron chi connectivity index (χ0n) is 9.58. The Kier molecular flexibility index (Phi) is 7.92. The average Bonchev–Trinajstić information content (AvgIpc) is 2.22. The molecule has 0 heterocycles. The summed E-state index contributed by atoms with van der Waals surface area (Å²) in [7, 11) is 0. The van der Waals surface area contributed by atoms with Gasteiger partial charge in [-0.25, -0.2) is 0 Å². The van der Waals surface area contributed by atoms with E-state index < -0.39 is 35.4 Å². The lowest BCUT2D eigenvalue weighted by Gasteiger charge is -2.29. The number of alkyl halides is 1. The molecular weight excluding hydrogens is 254 g/mol. The first-order chi connectivity index (χ1) is 7.31. The number of nitrogens with two attached hydrogens (primary N) is 1. The van der Waals surface area contributed by atoms with Crippen LogP contribution in [-0.2, 0) is 4.74 Å². The fourth-order valence-corrected chi connectivity index (χ4v) is 1.81. The summed E-state index contributed by atoms with van der Waals surface area (Å²) in [6.45, 7) is 3.08. The zero-order valence-corrected chi connectivity index (χ0v) is 11.1. The molecule has 0 aliphatic heterocycles. The van der Waals surface area contributed by atoms with Gasteiger partial charge in [0.05, 0.1) is 17.5 Å². The van der Waals surface area contributed by atoms with Crippen LogP contribution in [0.3, 0.4) is 0 Å². The van der Waals surface area contributed by atoms with Gasteiger partial charge in [0.15, 0.2) is 6.29 Å². The second-order valence-corrected chi connectivity index (χ2v) is 5.24. The molecule has 0 saturated heterocycles. The summed E-state index contributed by atoms with van der Waals surface area (Å²) in [5.41, 5.74) is 4.83. The van der Waals surface area contributed by atoms with E-state index >= 15 is 0 Å². The highest BCUT2D eigenvalue weighted by Gasteiger charge is 2.29. The molecule has 0 aromatic rings. The smallest absolute Gasteiger partial charge is 0.172 e. The van der Waals surface area contributed by atoms with E-state index in [9.17, 15) is 15.3 Å². The Labute approximate surface area is 105 Å². The molecule has 0 fully saturated rings. The Hall–Kier alpha value is 0.440. The lowest BCUT2D eigenvalue weighted by Crippen LogP contribution is -2.47. The summed E-state index contributed by atoms with van der Waals surface area (Å²) >= 11 is 6.88.